The molecule has 0 spiro atoms. The van der Waals surface area contributed by atoms with Crippen molar-refractivity contribution in [3.05, 3.63) is 47.0 Å². The fourth-order valence-electron chi connectivity index (χ4n) is 4.31. The van der Waals surface area contributed by atoms with Gasteiger partial charge in [0.05, 0.1) is 0 Å². The van der Waals surface area contributed by atoms with Gasteiger partial charge in [0.1, 0.15) is 0 Å². The van der Waals surface area contributed by atoms with Gasteiger partial charge in [-0.2, -0.15) is 0 Å². The predicted molar refractivity (Wildman–Crippen MR) is 91.1 cm³/mol. The van der Waals surface area contributed by atoms with Gasteiger partial charge in [-0.15, -0.1) is 0 Å². The van der Waals surface area contributed by atoms with Crippen LogP contribution in [0.5, 0.6) is 0 Å². The lowest BCUT2D eigenvalue weighted by Gasteiger charge is -2.47. The third-order valence-corrected chi connectivity index (χ3v) is 5.11. The highest BCUT2D eigenvalue weighted by Gasteiger charge is 2.39. The number of likely N-dealkylation sites (tertiary alicyclic amines) is 2. The maximum absolute atomic E-state index is 11.6. The monoisotopic (exact) mass is 314 g/mol. The Balaban J connectivity index is 1.83. The second kappa shape index (κ2) is 6.85. The minimum atomic E-state index is -0.724. The maximum atomic E-state index is 11.6. The average molecular weight is 314 g/mol. The number of hydrogen-bond acceptors (Lipinski definition) is 3. The summed E-state index contributed by atoms with van der Waals surface area (Å²) in [6.07, 6.45) is 0.625. The summed E-state index contributed by atoms with van der Waals surface area (Å²) < 4.78 is 0. The summed E-state index contributed by atoms with van der Waals surface area (Å²) in [5, 5.41) is 9.56. The fraction of sp³-hybridized carbons (Fsp3) is 0.526. The molecule has 1 aromatic carbocycles. The number of carboxylic acid groups (broad SMARTS) is 1. The van der Waals surface area contributed by atoms with Gasteiger partial charge < -0.3 is 10.0 Å². The molecule has 2 fully saturated rings. The Labute approximate surface area is 138 Å². The molecule has 124 valence electrons. The van der Waals surface area contributed by atoms with Crippen LogP contribution in [0, 0.1) is 11.8 Å². The number of benzene rings is 1. The summed E-state index contributed by atoms with van der Waals surface area (Å²) in [6, 6.07) is 10.5. The number of aliphatic carboxylic acids is 1. The molecule has 2 aliphatic rings. The van der Waals surface area contributed by atoms with E-state index in [0.717, 1.165) is 32.7 Å². The molecule has 0 aromatic heterocycles. The van der Waals surface area contributed by atoms with Gasteiger partial charge in [-0.05, 0) is 24.6 Å². The van der Waals surface area contributed by atoms with E-state index in [4.69, 9.17) is 0 Å². The minimum Gasteiger partial charge on any atom is -0.478 e. The van der Waals surface area contributed by atoms with Crippen LogP contribution < -0.4 is 0 Å². The van der Waals surface area contributed by atoms with E-state index in [-0.39, 0.29) is 0 Å². The molecule has 2 unspecified atom stereocenters. The van der Waals surface area contributed by atoms with Gasteiger partial charge in [-0.1, -0.05) is 37.3 Å². The van der Waals surface area contributed by atoms with Gasteiger partial charge >= 0.3 is 5.97 Å². The molecular formula is C19H26N2O2. The Kier molecular flexibility index (Phi) is 4.83. The lowest BCUT2D eigenvalue weighted by Crippen LogP contribution is -2.53. The highest BCUT2D eigenvalue weighted by Crippen LogP contribution is 2.37. The first kappa shape index (κ1) is 16.2. The minimum absolute atomic E-state index is 0.349. The van der Waals surface area contributed by atoms with Crippen molar-refractivity contribution in [1.29, 1.82) is 0 Å². The second-order valence-corrected chi connectivity index (χ2v) is 6.89. The number of hydrogen-bond donors (Lipinski definition) is 1. The van der Waals surface area contributed by atoms with E-state index in [1.807, 2.05) is 13.0 Å². The standard InChI is InChI=1S/C19H26N2O2/c1-3-17(19(22)23)18-15-10-20(2)11-16(18)13-21(12-15)9-14-7-5-4-6-8-14/h4-8,15-16H,3,9-13H2,1-2H3,(H,22,23). The van der Waals surface area contributed by atoms with Crippen LogP contribution in [0.4, 0.5) is 0 Å². The summed E-state index contributed by atoms with van der Waals surface area (Å²) in [5.41, 5.74) is 3.22. The van der Waals surface area contributed by atoms with Crippen molar-refractivity contribution in [2.75, 3.05) is 33.2 Å². The molecule has 2 saturated heterocycles. The van der Waals surface area contributed by atoms with Crippen LogP contribution in [0.1, 0.15) is 18.9 Å². The van der Waals surface area contributed by atoms with Gasteiger partial charge in [0.25, 0.3) is 0 Å². The Hall–Kier alpha value is -1.65. The van der Waals surface area contributed by atoms with E-state index < -0.39 is 5.97 Å². The topological polar surface area (TPSA) is 43.8 Å². The summed E-state index contributed by atoms with van der Waals surface area (Å²) in [4.78, 5) is 16.5. The van der Waals surface area contributed by atoms with Crippen molar-refractivity contribution in [2.45, 2.75) is 19.9 Å². The molecular weight excluding hydrogens is 288 g/mol. The van der Waals surface area contributed by atoms with Crippen molar-refractivity contribution in [3.8, 4) is 0 Å². The molecule has 2 aliphatic heterocycles. The highest BCUT2D eigenvalue weighted by atomic mass is 16.4. The SMILES string of the molecule is CCC(C(=O)O)=C1C2CN(C)CC1CN(Cc1ccccc1)C2. The molecule has 0 radical (unpaired) electrons. The van der Waals surface area contributed by atoms with Crippen LogP contribution in [-0.2, 0) is 11.3 Å². The first-order valence-electron chi connectivity index (χ1n) is 8.49. The van der Waals surface area contributed by atoms with E-state index in [2.05, 4.69) is 41.1 Å². The molecule has 4 heteroatoms. The Bertz CT molecular complexity index is 579. The van der Waals surface area contributed by atoms with Crippen LogP contribution in [0.2, 0.25) is 0 Å². The third-order valence-electron chi connectivity index (χ3n) is 5.11. The van der Waals surface area contributed by atoms with Crippen molar-refractivity contribution >= 4 is 5.97 Å². The smallest absolute Gasteiger partial charge is 0.331 e. The number of carbonyl (C=O) groups is 1. The zero-order chi connectivity index (χ0) is 16.4. The van der Waals surface area contributed by atoms with Crippen molar-refractivity contribution < 1.29 is 9.90 Å². The lowest BCUT2D eigenvalue weighted by molar-refractivity contribution is -0.133. The number of rotatable bonds is 4. The van der Waals surface area contributed by atoms with Crippen LogP contribution in [0.3, 0.4) is 0 Å². The first-order chi connectivity index (χ1) is 11.1. The number of nitrogens with zero attached hydrogens (tertiary/aromatic N) is 2. The molecule has 4 nitrogen and oxygen atoms in total. The van der Waals surface area contributed by atoms with Gasteiger partial charge in [-0.3, -0.25) is 4.90 Å². The summed E-state index contributed by atoms with van der Waals surface area (Å²) in [5.74, 6) is -0.0249. The van der Waals surface area contributed by atoms with Crippen molar-refractivity contribution in [3.63, 3.8) is 0 Å². The molecule has 3 rings (SSSR count). The van der Waals surface area contributed by atoms with Crippen LogP contribution in [0.15, 0.2) is 41.5 Å². The van der Waals surface area contributed by atoms with Crippen molar-refractivity contribution in [2.24, 2.45) is 11.8 Å². The largest absolute Gasteiger partial charge is 0.478 e. The molecule has 1 aromatic rings. The highest BCUT2D eigenvalue weighted by molar-refractivity contribution is 5.87. The predicted octanol–water partition coefficient (Wildman–Crippen LogP) is 2.47. The normalized spacial score (nSPS) is 25.4. The first-order valence-corrected chi connectivity index (χ1v) is 8.49. The quantitative estimate of drug-likeness (QED) is 0.867. The Morgan fingerprint density at radius 1 is 1.13 bits per heavy atom. The third kappa shape index (κ3) is 3.48. The zero-order valence-corrected chi connectivity index (χ0v) is 14.0. The van der Waals surface area contributed by atoms with E-state index in [1.165, 1.54) is 11.1 Å². The number of carboxylic acids is 1. The van der Waals surface area contributed by atoms with Gasteiger partial charge in [0.15, 0.2) is 0 Å². The molecule has 2 heterocycles. The van der Waals surface area contributed by atoms with Crippen LogP contribution >= 0.6 is 0 Å². The van der Waals surface area contributed by atoms with Crippen LogP contribution in [-0.4, -0.2) is 54.1 Å². The number of fused-ring (bicyclic) bond motifs is 2. The van der Waals surface area contributed by atoms with Crippen LogP contribution in [0.25, 0.3) is 0 Å². The Morgan fingerprint density at radius 2 is 1.74 bits per heavy atom. The number of piperidine rings is 2. The van der Waals surface area contributed by atoms with Gasteiger partial charge in [-0.25, -0.2) is 4.79 Å². The maximum Gasteiger partial charge on any atom is 0.331 e. The van der Waals surface area contributed by atoms with Gasteiger partial charge in [0, 0.05) is 50.1 Å². The van der Waals surface area contributed by atoms with E-state index in [9.17, 15) is 9.90 Å². The second-order valence-electron chi connectivity index (χ2n) is 6.89. The molecule has 2 atom stereocenters. The molecule has 23 heavy (non-hydrogen) atoms. The van der Waals surface area contributed by atoms with E-state index >= 15 is 0 Å². The summed E-state index contributed by atoms with van der Waals surface area (Å²) >= 11 is 0. The summed E-state index contributed by atoms with van der Waals surface area (Å²) in [6.45, 7) is 6.77. The Morgan fingerprint density at radius 3 is 2.26 bits per heavy atom. The average Bonchev–Trinajstić information content (AvgIpc) is 2.49. The summed E-state index contributed by atoms with van der Waals surface area (Å²) in [7, 11) is 2.15. The fourth-order valence-corrected chi connectivity index (χ4v) is 4.31. The van der Waals surface area contributed by atoms with E-state index in [1.54, 1.807) is 0 Å². The molecule has 0 saturated carbocycles. The molecule has 0 amide bonds. The van der Waals surface area contributed by atoms with E-state index in [0.29, 0.717) is 23.8 Å². The van der Waals surface area contributed by atoms with Crippen molar-refractivity contribution in [1.82, 2.24) is 9.80 Å². The molecule has 2 bridgehead atoms. The molecule has 0 aliphatic carbocycles. The lowest BCUT2D eigenvalue weighted by atomic mass is 9.76. The molecule has 1 N–H and O–H groups in total. The van der Waals surface area contributed by atoms with Gasteiger partial charge in [0.2, 0.25) is 0 Å². The zero-order valence-electron chi connectivity index (χ0n) is 14.0.